The van der Waals surface area contributed by atoms with Gasteiger partial charge in [-0.3, -0.25) is 9.78 Å². The van der Waals surface area contributed by atoms with E-state index in [9.17, 15) is 13.6 Å². The topological polar surface area (TPSA) is 51.2 Å². The van der Waals surface area contributed by atoms with E-state index in [2.05, 4.69) is 10.3 Å². The average molecular weight is 306 g/mol. The molecule has 6 heteroatoms. The zero-order valence-electron chi connectivity index (χ0n) is 12.2. The smallest absolute Gasteiger partial charge is 0.254 e. The minimum Gasteiger partial charge on any atom is -0.486 e. The maximum absolute atomic E-state index is 13.5. The summed E-state index contributed by atoms with van der Waals surface area (Å²) in [5.74, 6) is -1.65. The van der Waals surface area contributed by atoms with Crippen LogP contribution in [0.4, 0.5) is 8.78 Å². The predicted octanol–water partition coefficient (Wildman–Crippen LogP) is 2.95. The van der Waals surface area contributed by atoms with E-state index in [4.69, 9.17) is 4.74 Å². The number of carbonyl (C=O) groups is 1. The molecular weight excluding hydrogens is 290 g/mol. The molecule has 2 rings (SSSR count). The Balaban J connectivity index is 2.00. The van der Waals surface area contributed by atoms with Crippen LogP contribution in [0.25, 0.3) is 0 Å². The van der Waals surface area contributed by atoms with Crippen molar-refractivity contribution >= 4 is 5.91 Å². The van der Waals surface area contributed by atoms with Gasteiger partial charge in [0.15, 0.2) is 17.4 Å². The summed E-state index contributed by atoms with van der Waals surface area (Å²) in [6, 6.07) is 6.85. The van der Waals surface area contributed by atoms with Crippen LogP contribution in [0.2, 0.25) is 0 Å². The van der Waals surface area contributed by atoms with Crippen molar-refractivity contribution in [1.29, 1.82) is 0 Å². The third-order valence-electron chi connectivity index (χ3n) is 3.23. The molecule has 0 bridgehead atoms. The number of ether oxygens (including phenoxy) is 1. The Kier molecular flexibility index (Phi) is 5.04. The first-order chi connectivity index (χ1) is 10.5. The minimum absolute atomic E-state index is 0.0973. The van der Waals surface area contributed by atoms with Gasteiger partial charge in [-0.1, -0.05) is 12.1 Å². The van der Waals surface area contributed by atoms with Crippen LogP contribution in [-0.2, 0) is 0 Å². The Morgan fingerprint density at radius 1 is 1.18 bits per heavy atom. The number of nitrogens with one attached hydrogen (secondary N) is 1. The van der Waals surface area contributed by atoms with Crippen molar-refractivity contribution in [3.8, 4) is 5.75 Å². The van der Waals surface area contributed by atoms with Crippen molar-refractivity contribution in [3.63, 3.8) is 0 Å². The van der Waals surface area contributed by atoms with Crippen molar-refractivity contribution in [1.82, 2.24) is 10.3 Å². The van der Waals surface area contributed by atoms with E-state index in [-0.39, 0.29) is 11.3 Å². The zero-order chi connectivity index (χ0) is 16.1. The molecular formula is C16H16F2N2O2. The van der Waals surface area contributed by atoms with E-state index >= 15 is 0 Å². The number of halogens is 2. The number of rotatable bonds is 5. The Morgan fingerprint density at radius 2 is 1.91 bits per heavy atom. The van der Waals surface area contributed by atoms with E-state index in [0.29, 0.717) is 0 Å². The molecule has 1 amide bonds. The number of carbonyl (C=O) groups excluding carboxylic acids is 1. The van der Waals surface area contributed by atoms with E-state index < -0.39 is 29.7 Å². The molecule has 0 fully saturated rings. The maximum atomic E-state index is 13.5. The molecule has 0 aliphatic carbocycles. The van der Waals surface area contributed by atoms with Gasteiger partial charge < -0.3 is 10.1 Å². The van der Waals surface area contributed by atoms with Gasteiger partial charge in [0.2, 0.25) is 0 Å². The molecule has 2 atom stereocenters. The van der Waals surface area contributed by atoms with Crippen LogP contribution in [0.15, 0.2) is 42.7 Å². The normalized spacial score (nSPS) is 13.3. The van der Waals surface area contributed by atoms with Crippen molar-refractivity contribution in [2.45, 2.75) is 26.0 Å². The van der Waals surface area contributed by atoms with Crippen LogP contribution in [0.5, 0.6) is 5.75 Å². The number of pyridine rings is 1. The second-order valence-electron chi connectivity index (χ2n) is 4.87. The van der Waals surface area contributed by atoms with Crippen LogP contribution in [0.1, 0.15) is 24.2 Å². The van der Waals surface area contributed by atoms with Crippen LogP contribution in [0.3, 0.4) is 0 Å². The molecule has 1 N–H and O–H groups in total. The molecule has 22 heavy (non-hydrogen) atoms. The fraction of sp³-hybridized carbons (Fsp3) is 0.250. The number of hydrogen-bond acceptors (Lipinski definition) is 3. The van der Waals surface area contributed by atoms with Crippen molar-refractivity contribution in [2.75, 3.05) is 0 Å². The molecule has 0 spiro atoms. The molecule has 0 aliphatic heterocycles. The van der Waals surface area contributed by atoms with E-state index in [1.54, 1.807) is 26.0 Å². The fourth-order valence-electron chi connectivity index (χ4n) is 1.80. The number of para-hydroxylation sites is 1. The lowest BCUT2D eigenvalue weighted by molar-refractivity contribution is 0.0887. The Morgan fingerprint density at radius 3 is 2.59 bits per heavy atom. The number of benzene rings is 1. The summed E-state index contributed by atoms with van der Waals surface area (Å²) in [6.45, 7) is 3.39. The summed E-state index contributed by atoms with van der Waals surface area (Å²) in [5.41, 5.74) is -0.0973. The highest BCUT2D eigenvalue weighted by Gasteiger charge is 2.20. The lowest BCUT2D eigenvalue weighted by Gasteiger charge is -2.23. The lowest BCUT2D eigenvalue weighted by atomic mass is 10.1. The van der Waals surface area contributed by atoms with Gasteiger partial charge >= 0.3 is 0 Å². The first-order valence-electron chi connectivity index (χ1n) is 6.80. The first-order valence-corrected chi connectivity index (χ1v) is 6.80. The summed E-state index contributed by atoms with van der Waals surface area (Å²) >= 11 is 0. The van der Waals surface area contributed by atoms with Gasteiger partial charge in [-0.2, -0.15) is 0 Å². The van der Waals surface area contributed by atoms with E-state index in [0.717, 1.165) is 6.20 Å². The third-order valence-corrected chi connectivity index (χ3v) is 3.23. The van der Waals surface area contributed by atoms with Gasteiger partial charge in [-0.25, -0.2) is 8.78 Å². The second-order valence-corrected chi connectivity index (χ2v) is 4.87. The summed E-state index contributed by atoms with van der Waals surface area (Å²) in [6.07, 6.45) is 1.81. The molecule has 1 aromatic carbocycles. The predicted molar refractivity (Wildman–Crippen MR) is 77.6 cm³/mol. The van der Waals surface area contributed by atoms with Gasteiger partial charge in [0.25, 0.3) is 5.91 Å². The number of amides is 1. The molecule has 0 radical (unpaired) electrons. The van der Waals surface area contributed by atoms with E-state index in [1.165, 1.54) is 24.4 Å². The Labute approximate surface area is 127 Å². The van der Waals surface area contributed by atoms with Crippen LogP contribution >= 0.6 is 0 Å². The van der Waals surface area contributed by atoms with E-state index in [1.807, 2.05) is 0 Å². The molecule has 116 valence electrons. The fourth-order valence-corrected chi connectivity index (χ4v) is 1.80. The standard InChI is InChI=1S/C16H16F2N2O2/c1-10(11(2)22-15-6-4-3-5-13(15)17)20-16(21)12-7-8-19-9-14(12)18/h3-11H,1-2H3,(H,20,21)/t10-,11-/m0/s1. The van der Waals surface area contributed by atoms with Gasteiger partial charge in [-0.05, 0) is 32.0 Å². The van der Waals surface area contributed by atoms with Crippen LogP contribution < -0.4 is 10.1 Å². The van der Waals surface area contributed by atoms with Crippen molar-refractivity contribution in [3.05, 3.63) is 59.9 Å². The maximum Gasteiger partial charge on any atom is 0.254 e. The minimum atomic E-state index is -0.699. The molecule has 1 aromatic heterocycles. The van der Waals surface area contributed by atoms with Crippen molar-refractivity contribution in [2.24, 2.45) is 0 Å². The highest BCUT2D eigenvalue weighted by atomic mass is 19.1. The molecule has 0 saturated heterocycles. The van der Waals surface area contributed by atoms with Crippen molar-refractivity contribution < 1.29 is 18.3 Å². The quantitative estimate of drug-likeness (QED) is 0.924. The molecule has 0 aliphatic rings. The van der Waals surface area contributed by atoms with Gasteiger partial charge in [0.1, 0.15) is 6.10 Å². The Hall–Kier alpha value is -2.50. The monoisotopic (exact) mass is 306 g/mol. The van der Waals surface area contributed by atoms with Crippen LogP contribution in [0, 0.1) is 11.6 Å². The first kappa shape index (κ1) is 15.9. The number of nitrogens with zero attached hydrogens (tertiary/aromatic N) is 1. The second kappa shape index (κ2) is 6.98. The molecule has 0 saturated carbocycles. The summed E-state index contributed by atoms with van der Waals surface area (Å²) in [4.78, 5) is 15.6. The Bertz CT molecular complexity index is 664. The lowest BCUT2D eigenvalue weighted by Crippen LogP contribution is -2.42. The summed E-state index contributed by atoms with van der Waals surface area (Å²) in [5, 5.41) is 2.62. The third kappa shape index (κ3) is 3.78. The highest BCUT2D eigenvalue weighted by molar-refractivity contribution is 5.94. The summed E-state index contributed by atoms with van der Waals surface area (Å²) in [7, 11) is 0. The molecule has 2 aromatic rings. The van der Waals surface area contributed by atoms with Gasteiger partial charge in [-0.15, -0.1) is 0 Å². The number of aromatic nitrogens is 1. The van der Waals surface area contributed by atoms with Crippen LogP contribution in [-0.4, -0.2) is 23.0 Å². The average Bonchev–Trinajstić information content (AvgIpc) is 2.49. The molecule has 4 nitrogen and oxygen atoms in total. The summed E-state index contributed by atoms with van der Waals surface area (Å²) < 4.78 is 32.5. The zero-order valence-corrected chi connectivity index (χ0v) is 12.2. The molecule has 0 unspecified atom stereocenters. The van der Waals surface area contributed by atoms with Gasteiger partial charge in [0.05, 0.1) is 17.8 Å². The SMILES string of the molecule is C[C@H](NC(=O)c1ccncc1F)[C@H](C)Oc1ccccc1F. The number of hydrogen-bond donors (Lipinski definition) is 1. The van der Waals surface area contributed by atoms with Gasteiger partial charge in [0, 0.05) is 6.20 Å². The largest absolute Gasteiger partial charge is 0.486 e. The highest BCUT2D eigenvalue weighted by Crippen LogP contribution is 2.18. The molecule has 1 heterocycles.